The molecule has 0 aliphatic carbocycles. The SMILES string of the molecule is N#CCCN(Cc1cccnc1)C(=O)CCCSc1nc2ccccc2c(=O)n1-c1cccc(Cl)c1. The lowest BCUT2D eigenvalue weighted by Gasteiger charge is -2.21. The minimum absolute atomic E-state index is 0.0200. The molecule has 0 bridgehead atoms. The van der Waals surface area contributed by atoms with Gasteiger partial charge in [-0.15, -0.1) is 0 Å². The summed E-state index contributed by atoms with van der Waals surface area (Å²) in [5.74, 6) is 0.573. The van der Waals surface area contributed by atoms with Crippen LogP contribution >= 0.6 is 23.4 Å². The number of halogens is 1. The molecule has 7 nitrogen and oxygen atoms in total. The van der Waals surface area contributed by atoms with Gasteiger partial charge in [-0.3, -0.25) is 19.1 Å². The van der Waals surface area contributed by atoms with E-state index >= 15 is 0 Å². The molecular formula is C27H24ClN5O2S. The number of nitriles is 1. The number of benzene rings is 2. The zero-order chi connectivity index (χ0) is 25.3. The quantitative estimate of drug-likeness (QED) is 0.162. The van der Waals surface area contributed by atoms with Crippen molar-refractivity contribution < 1.29 is 4.79 Å². The van der Waals surface area contributed by atoms with Crippen molar-refractivity contribution in [2.45, 2.75) is 31.0 Å². The maximum Gasteiger partial charge on any atom is 0.266 e. The van der Waals surface area contributed by atoms with Gasteiger partial charge in [-0.2, -0.15) is 5.26 Å². The fourth-order valence-electron chi connectivity index (χ4n) is 3.79. The number of hydrogen-bond donors (Lipinski definition) is 0. The topological polar surface area (TPSA) is 91.9 Å². The van der Waals surface area contributed by atoms with E-state index < -0.39 is 0 Å². The Labute approximate surface area is 218 Å². The Bertz CT molecular complexity index is 1450. The van der Waals surface area contributed by atoms with Crippen molar-refractivity contribution in [3.63, 3.8) is 0 Å². The number of amides is 1. The van der Waals surface area contributed by atoms with Gasteiger partial charge in [0.05, 0.1) is 29.1 Å². The van der Waals surface area contributed by atoms with Crippen LogP contribution < -0.4 is 5.56 Å². The van der Waals surface area contributed by atoms with Crippen LogP contribution in [0.2, 0.25) is 5.02 Å². The molecule has 1 amide bonds. The summed E-state index contributed by atoms with van der Waals surface area (Å²) in [6.45, 7) is 0.792. The van der Waals surface area contributed by atoms with Crippen LogP contribution in [-0.4, -0.2) is 37.6 Å². The van der Waals surface area contributed by atoms with Crippen LogP contribution in [0.25, 0.3) is 16.6 Å². The van der Waals surface area contributed by atoms with Crippen molar-refractivity contribution in [2.24, 2.45) is 0 Å². The summed E-state index contributed by atoms with van der Waals surface area (Å²) >= 11 is 7.62. The van der Waals surface area contributed by atoms with E-state index in [2.05, 4.69) is 11.1 Å². The van der Waals surface area contributed by atoms with Gasteiger partial charge >= 0.3 is 0 Å². The highest BCUT2D eigenvalue weighted by Gasteiger charge is 2.16. The van der Waals surface area contributed by atoms with E-state index in [0.717, 1.165) is 5.56 Å². The molecule has 182 valence electrons. The molecule has 0 unspecified atom stereocenters. The van der Waals surface area contributed by atoms with Crippen LogP contribution in [-0.2, 0) is 11.3 Å². The first kappa shape index (κ1) is 25.4. The van der Waals surface area contributed by atoms with Gasteiger partial charge in [-0.25, -0.2) is 4.98 Å². The van der Waals surface area contributed by atoms with Crippen LogP contribution in [0.15, 0.2) is 83.0 Å². The fourth-order valence-corrected chi connectivity index (χ4v) is 4.92. The number of nitrogens with zero attached hydrogens (tertiary/aromatic N) is 5. The molecule has 2 aromatic heterocycles. The van der Waals surface area contributed by atoms with E-state index in [4.69, 9.17) is 21.8 Å². The lowest BCUT2D eigenvalue weighted by atomic mass is 10.2. The number of thioether (sulfide) groups is 1. The predicted octanol–water partition coefficient (Wildman–Crippen LogP) is 5.25. The van der Waals surface area contributed by atoms with Crippen molar-refractivity contribution in [1.82, 2.24) is 19.4 Å². The zero-order valence-electron chi connectivity index (χ0n) is 19.5. The summed E-state index contributed by atoms with van der Waals surface area (Å²) in [6, 6.07) is 20.2. The fraction of sp³-hybridized carbons (Fsp3) is 0.222. The molecule has 0 saturated carbocycles. The first-order valence-corrected chi connectivity index (χ1v) is 12.9. The minimum atomic E-state index is -0.166. The third-order valence-electron chi connectivity index (χ3n) is 5.52. The standard InChI is InChI=1S/C27H24ClN5O2S/c28-21-8-3-9-22(17-21)33-26(35)23-10-1-2-11-24(23)31-27(33)36-16-5-12-25(34)32(15-6-13-29)19-20-7-4-14-30-18-20/h1-4,7-11,14,17-18H,5-6,12,15-16,19H2. The minimum Gasteiger partial charge on any atom is -0.337 e. The van der Waals surface area contributed by atoms with Crippen molar-refractivity contribution in [3.05, 3.63) is 94.0 Å². The number of aromatic nitrogens is 3. The number of fused-ring (bicyclic) bond motifs is 1. The maximum absolute atomic E-state index is 13.3. The molecule has 2 heterocycles. The number of hydrogen-bond acceptors (Lipinski definition) is 6. The summed E-state index contributed by atoms with van der Waals surface area (Å²) in [5, 5.41) is 10.6. The number of carbonyl (C=O) groups is 1. The van der Waals surface area contributed by atoms with Crippen LogP contribution in [0.4, 0.5) is 0 Å². The van der Waals surface area contributed by atoms with Crippen molar-refractivity contribution in [3.8, 4) is 11.8 Å². The third kappa shape index (κ3) is 6.30. The highest BCUT2D eigenvalue weighted by atomic mass is 35.5. The van der Waals surface area contributed by atoms with E-state index in [9.17, 15) is 9.59 Å². The second-order valence-corrected chi connectivity index (χ2v) is 9.57. The molecule has 0 N–H and O–H groups in total. The normalized spacial score (nSPS) is 10.8. The predicted molar refractivity (Wildman–Crippen MR) is 142 cm³/mol. The van der Waals surface area contributed by atoms with Gasteiger partial charge < -0.3 is 4.90 Å². The molecule has 0 fully saturated rings. The largest absolute Gasteiger partial charge is 0.337 e. The lowest BCUT2D eigenvalue weighted by Crippen LogP contribution is -2.31. The Morgan fingerprint density at radius 3 is 2.78 bits per heavy atom. The molecule has 0 aliphatic heterocycles. The van der Waals surface area contributed by atoms with Gasteiger partial charge in [0.15, 0.2) is 5.16 Å². The molecule has 0 spiro atoms. The second-order valence-electron chi connectivity index (χ2n) is 8.07. The molecular weight excluding hydrogens is 494 g/mol. The van der Waals surface area contributed by atoms with Crippen molar-refractivity contribution in [2.75, 3.05) is 12.3 Å². The smallest absolute Gasteiger partial charge is 0.266 e. The van der Waals surface area contributed by atoms with Crippen LogP contribution in [0.3, 0.4) is 0 Å². The number of rotatable bonds is 10. The highest BCUT2D eigenvalue weighted by molar-refractivity contribution is 7.99. The van der Waals surface area contributed by atoms with Gasteiger partial charge in [0, 0.05) is 42.7 Å². The van der Waals surface area contributed by atoms with Crippen molar-refractivity contribution in [1.29, 1.82) is 5.26 Å². The Morgan fingerprint density at radius 1 is 1.14 bits per heavy atom. The van der Waals surface area contributed by atoms with Gasteiger partial charge in [0.1, 0.15) is 0 Å². The van der Waals surface area contributed by atoms with Crippen LogP contribution in [0, 0.1) is 11.3 Å². The Hall–Kier alpha value is -3.67. The second kappa shape index (κ2) is 12.3. The number of para-hydroxylation sites is 1. The number of pyridine rings is 1. The first-order valence-electron chi connectivity index (χ1n) is 11.5. The summed E-state index contributed by atoms with van der Waals surface area (Å²) in [4.78, 5) is 36.8. The summed E-state index contributed by atoms with van der Waals surface area (Å²) < 4.78 is 1.57. The lowest BCUT2D eigenvalue weighted by molar-refractivity contribution is -0.131. The molecule has 36 heavy (non-hydrogen) atoms. The molecule has 0 atom stereocenters. The Morgan fingerprint density at radius 2 is 2.00 bits per heavy atom. The third-order valence-corrected chi connectivity index (χ3v) is 6.78. The van der Waals surface area contributed by atoms with E-state index in [1.165, 1.54) is 11.8 Å². The number of carbonyl (C=O) groups excluding carboxylic acids is 1. The average Bonchev–Trinajstić information content (AvgIpc) is 2.89. The van der Waals surface area contributed by atoms with Gasteiger partial charge in [-0.05, 0) is 48.4 Å². The summed E-state index contributed by atoms with van der Waals surface area (Å²) in [7, 11) is 0. The summed E-state index contributed by atoms with van der Waals surface area (Å²) in [5.41, 5.74) is 2.02. The maximum atomic E-state index is 13.3. The van der Waals surface area contributed by atoms with E-state index in [0.29, 0.717) is 58.5 Å². The molecule has 0 aliphatic rings. The van der Waals surface area contributed by atoms with Crippen LogP contribution in [0.5, 0.6) is 0 Å². The molecule has 2 aromatic carbocycles. The Kier molecular flexibility index (Phi) is 8.71. The molecule has 9 heteroatoms. The molecule has 0 saturated heterocycles. The zero-order valence-corrected chi connectivity index (χ0v) is 21.1. The molecule has 4 rings (SSSR count). The first-order chi connectivity index (χ1) is 17.6. The van der Waals surface area contributed by atoms with Gasteiger partial charge in [0.2, 0.25) is 5.91 Å². The van der Waals surface area contributed by atoms with Crippen LogP contribution in [0.1, 0.15) is 24.8 Å². The van der Waals surface area contributed by atoms with E-state index in [1.54, 1.807) is 46.1 Å². The summed E-state index contributed by atoms with van der Waals surface area (Å²) in [6.07, 6.45) is 4.61. The van der Waals surface area contributed by atoms with E-state index in [-0.39, 0.29) is 17.9 Å². The highest BCUT2D eigenvalue weighted by Crippen LogP contribution is 2.24. The monoisotopic (exact) mass is 517 g/mol. The molecule has 0 radical (unpaired) electrons. The van der Waals surface area contributed by atoms with Gasteiger partial charge in [-0.1, -0.05) is 47.6 Å². The van der Waals surface area contributed by atoms with Gasteiger partial charge in [0.25, 0.3) is 5.56 Å². The Balaban J connectivity index is 1.48. The van der Waals surface area contributed by atoms with Crippen molar-refractivity contribution >= 4 is 40.2 Å². The van der Waals surface area contributed by atoms with E-state index in [1.807, 2.05) is 36.4 Å². The molecule has 4 aromatic rings. The average molecular weight is 518 g/mol.